The third-order valence-corrected chi connectivity index (χ3v) is 8.00. The van der Waals surface area contributed by atoms with E-state index in [0.717, 1.165) is 16.9 Å². The highest BCUT2D eigenvalue weighted by molar-refractivity contribution is 6.99. The van der Waals surface area contributed by atoms with Gasteiger partial charge >= 0.3 is 5.97 Å². The molecule has 1 aliphatic heterocycles. The largest absolute Gasteiger partial charge is 0.481 e. The number of hydrogen-bond acceptors (Lipinski definition) is 3. The van der Waals surface area contributed by atoms with E-state index in [2.05, 4.69) is 74.5 Å². The van der Waals surface area contributed by atoms with Gasteiger partial charge in [-0.25, -0.2) is 4.79 Å². The third kappa shape index (κ3) is 3.92. The zero-order valence-corrected chi connectivity index (χ0v) is 19.2. The molecule has 1 radical (unpaired) electrons. The second kappa shape index (κ2) is 7.76. The summed E-state index contributed by atoms with van der Waals surface area (Å²) in [5.41, 5.74) is 4.29. The second-order valence-corrected chi connectivity index (χ2v) is 11.2. The van der Waals surface area contributed by atoms with Crippen LogP contribution in [0.5, 0.6) is 5.75 Å². The molecule has 0 spiro atoms. The Labute approximate surface area is 180 Å². The van der Waals surface area contributed by atoms with Crippen LogP contribution in [0.3, 0.4) is 0 Å². The van der Waals surface area contributed by atoms with Gasteiger partial charge in [-0.2, -0.15) is 0 Å². The smallest absolute Gasteiger partial charge is 0.344 e. The number of fused-ring (bicyclic) bond motifs is 3. The fourth-order valence-corrected chi connectivity index (χ4v) is 7.29. The van der Waals surface area contributed by atoms with Crippen molar-refractivity contribution in [1.29, 1.82) is 0 Å². The van der Waals surface area contributed by atoms with E-state index in [9.17, 15) is 4.79 Å². The second-order valence-electron chi connectivity index (χ2n) is 8.78. The van der Waals surface area contributed by atoms with Crippen LogP contribution in [0.15, 0.2) is 60.7 Å². The number of aryl methyl sites for hydroxylation is 2. The topological polar surface area (TPSA) is 35.5 Å². The average molecular weight is 416 g/mol. The van der Waals surface area contributed by atoms with Crippen LogP contribution in [0.4, 0.5) is 0 Å². The van der Waals surface area contributed by atoms with Crippen molar-refractivity contribution in [2.24, 2.45) is 0 Å². The third-order valence-electron chi connectivity index (χ3n) is 5.19. The Morgan fingerprint density at radius 2 is 1.37 bits per heavy atom. The number of benzene rings is 3. The summed E-state index contributed by atoms with van der Waals surface area (Å²) in [6.45, 7) is 9.60. The van der Waals surface area contributed by atoms with Crippen molar-refractivity contribution in [3.63, 3.8) is 0 Å². The van der Waals surface area contributed by atoms with Crippen LogP contribution in [-0.2, 0) is 9.53 Å². The molecule has 0 bridgehead atoms. The molecule has 30 heavy (non-hydrogen) atoms. The Morgan fingerprint density at radius 3 is 1.87 bits per heavy atom. The number of esters is 1. The van der Waals surface area contributed by atoms with Crippen molar-refractivity contribution in [2.45, 2.75) is 40.2 Å². The maximum Gasteiger partial charge on any atom is 0.344 e. The molecular formula is C26H27O3Si. The predicted molar refractivity (Wildman–Crippen MR) is 124 cm³/mol. The first-order valence-corrected chi connectivity index (χ1v) is 11.8. The van der Waals surface area contributed by atoms with Gasteiger partial charge in [0.2, 0.25) is 0 Å². The zero-order chi connectivity index (χ0) is 21.5. The Bertz CT molecular complexity index is 1040. The number of hydrogen-bond donors (Lipinski definition) is 0. The van der Waals surface area contributed by atoms with Crippen LogP contribution in [0.1, 0.15) is 31.9 Å². The molecule has 0 amide bonds. The molecule has 0 unspecified atom stereocenters. The van der Waals surface area contributed by atoms with Gasteiger partial charge in [0.25, 0.3) is 0 Å². The van der Waals surface area contributed by atoms with Crippen molar-refractivity contribution in [3.05, 3.63) is 71.8 Å². The molecule has 0 aromatic heterocycles. The molecule has 0 atom stereocenters. The summed E-state index contributed by atoms with van der Waals surface area (Å²) in [5.74, 6) is 0.419. The Balaban J connectivity index is 1.65. The predicted octanol–water partition coefficient (Wildman–Crippen LogP) is 3.52. The first kappa shape index (κ1) is 20.4. The van der Waals surface area contributed by atoms with E-state index in [1.165, 1.54) is 26.7 Å². The standard InChI is InChI=1S/C26H27O3Si/c1-17-14-19(15-18(2)25(17)28-16-24(27)29-26(3,4)5)30-22-12-8-6-10-20(22)21-11-7-9-13-23(21)30/h6-15H,16H2,1-5H3. The van der Waals surface area contributed by atoms with Gasteiger partial charge in [0, 0.05) is 0 Å². The molecule has 4 heteroatoms. The lowest BCUT2D eigenvalue weighted by Gasteiger charge is -2.21. The summed E-state index contributed by atoms with van der Waals surface area (Å²) in [6, 6.07) is 21.9. The van der Waals surface area contributed by atoms with Crippen LogP contribution in [0, 0.1) is 13.8 Å². The maximum atomic E-state index is 12.1. The molecular weight excluding hydrogens is 388 g/mol. The number of rotatable bonds is 4. The summed E-state index contributed by atoms with van der Waals surface area (Å²) in [7, 11) is -1.07. The summed E-state index contributed by atoms with van der Waals surface area (Å²) in [6.07, 6.45) is 0. The first-order chi connectivity index (χ1) is 14.2. The zero-order valence-electron chi connectivity index (χ0n) is 18.2. The summed E-state index contributed by atoms with van der Waals surface area (Å²) in [5, 5.41) is 4.21. The fourth-order valence-electron chi connectivity index (χ4n) is 4.15. The van der Waals surface area contributed by atoms with Gasteiger partial charge in [0.1, 0.15) is 11.4 Å². The van der Waals surface area contributed by atoms with Crippen LogP contribution < -0.4 is 20.3 Å². The van der Waals surface area contributed by atoms with Crippen LogP contribution in [0.25, 0.3) is 11.1 Å². The molecule has 1 heterocycles. The van der Waals surface area contributed by atoms with Crippen molar-refractivity contribution < 1.29 is 14.3 Å². The molecule has 3 aromatic carbocycles. The number of ether oxygens (including phenoxy) is 2. The maximum absolute atomic E-state index is 12.1. The molecule has 3 nitrogen and oxygen atoms in total. The Kier molecular flexibility index (Phi) is 5.29. The van der Waals surface area contributed by atoms with Crippen LogP contribution in [-0.4, -0.2) is 27.0 Å². The van der Waals surface area contributed by atoms with Crippen molar-refractivity contribution in [1.82, 2.24) is 0 Å². The van der Waals surface area contributed by atoms with E-state index in [1.807, 2.05) is 20.8 Å². The van der Waals surface area contributed by atoms with E-state index < -0.39 is 14.4 Å². The van der Waals surface area contributed by atoms with Gasteiger partial charge in [0.05, 0.1) is 0 Å². The van der Waals surface area contributed by atoms with E-state index >= 15 is 0 Å². The summed E-state index contributed by atoms with van der Waals surface area (Å²) < 4.78 is 11.2. The number of carbonyl (C=O) groups excluding carboxylic acids is 1. The first-order valence-electron chi connectivity index (χ1n) is 10.3. The van der Waals surface area contributed by atoms with E-state index in [0.29, 0.717) is 0 Å². The summed E-state index contributed by atoms with van der Waals surface area (Å²) >= 11 is 0. The fraction of sp³-hybridized carbons (Fsp3) is 0.269. The molecule has 0 fully saturated rings. The van der Waals surface area contributed by atoms with Gasteiger partial charge in [-0.1, -0.05) is 60.7 Å². The Morgan fingerprint density at radius 1 is 0.867 bits per heavy atom. The van der Waals surface area contributed by atoms with Gasteiger partial charge in [-0.15, -0.1) is 0 Å². The SMILES string of the molecule is Cc1cc([Si]2c3ccccc3-c3ccccc32)cc(C)c1OCC(=O)OC(C)(C)C. The van der Waals surface area contributed by atoms with Crippen LogP contribution >= 0.6 is 0 Å². The minimum Gasteiger partial charge on any atom is -0.481 e. The van der Waals surface area contributed by atoms with Crippen molar-refractivity contribution in [2.75, 3.05) is 6.61 Å². The molecule has 0 N–H and O–H groups in total. The van der Waals surface area contributed by atoms with Gasteiger partial charge in [-0.3, -0.25) is 0 Å². The quantitative estimate of drug-likeness (QED) is 0.378. The highest BCUT2D eigenvalue weighted by Gasteiger charge is 2.32. The number of carbonyl (C=O) groups is 1. The van der Waals surface area contributed by atoms with Gasteiger partial charge < -0.3 is 9.47 Å². The minimum atomic E-state index is -1.07. The van der Waals surface area contributed by atoms with E-state index in [1.54, 1.807) is 0 Å². The highest BCUT2D eigenvalue weighted by atomic mass is 28.3. The highest BCUT2D eigenvalue weighted by Crippen LogP contribution is 2.26. The molecule has 4 rings (SSSR count). The van der Waals surface area contributed by atoms with Gasteiger partial charge in [-0.05, 0) is 72.4 Å². The van der Waals surface area contributed by atoms with Crippen molar-refractivity contribution in [3.8, 4) is 16.9 Å². The average Bonchev–Trinajstić information content (AvgIpc) is 3.00. The lowest BCUT2D eigenvalue weighted by molar-refractivity contribution is -0.157. The molecule has 0 aliphatic carbocycles. The molecule has 0 saturated carbocycles. The van der Waals surface area contributed by atoms with E-state index in [-0.39, 0.29) is 12.6 Å². The van der Waals surface area contributed by atoms with E-state index in [4.69, 9.17) is 9.47 Å². The van der Waals surface area contributed by atoms with Crippen LogP contribution in [0.2, 0.25) is 0 Å². The molecule has 0 saturated heterocycles. The van der Waals surface area contributed by atoms with Gasteiger partial charge in [0.15, 0.2) is 15.4 Å². The summed E-state index contributed by atoms with van der Waals surface area (Å²) in [4.78, 5) is 12.1. The molecule has 153 valence electrons. The normalized spacial score (nSPS) is 13.0. The minimum absolute atomic E-state index is 0.0816. The van der Waals surface area contributed by atoms with Crippen molar-refractivity contribution >= 4 is 30.3 Å². The monoisotopic (exact) mass is 415 g/mol. The lowest BCUT2D eigenvalue weighted by atomic mass is 10.1. The Hall–Kier alpha value is -2.85. The molecule has 1 aliphatic rings. The lowest BCUT2D eigenvalue weighted by Crippen LogP contribution is -2.49. The molecule has 3 aromatic rings.